The van der Waals surface area contributed by atoms with Crippen LogP contribution in [0.4, 0.5) is 13.2 Å². The van der Waals surface area contributed by atoms with Crippen LogP contribution in [0.3, 0.4) is 0 Å². The number of alkyl halides is 3. The Bertz CT molecular complexity index is 842. The Balaban J connectivity index is 2.14. The maximum absolute atomic E-state index is 13.1. The minimum absolute atomic E-state index is 0.000237. The molecule has 1 fully saturated rings. The molecule has 0 radical (unpaired) electrons. The van der Waals surface area contributed by atoms with Crippen molar-refractivity contribution in [3.8, 4) is 11.1 Å². The summed E-state index contributed by atoms with van der Waals surface area (Å²) in [6, 6.07) is 5.29. The Morgan fingerprint density at radius 1 is 1.15 bits per heavy atom. The molecule has 1 unspecified atom stereocenters. The topological polar surface area (TPSA) is 37.4 Å². The van der Waals surface area contributed by atoms with Gasteiger partial charge in [0.1, 0.15) is 5.54 Å². The summed E-state index contributed by atoms with van der Waals surface area (Å²) in [4.78, 5) is 25.7. The molecule has 0 aliphatic heterocycles. The molecular formula is C19H18F3NO2S. The second-order valence-corrected chi connectivity index (χ2v) is 7.62. The number of aryl methyl sites for hydroxylation is 1. The quantitative estimate of drug-likeness (QED) is 0.676. The molecule has 3 rings (SSSR count). The number of aldehydes is 1. The zero-order valence-corrected chi connectivity index (χ0v) is 15.2. The predicted molar refractivity (Wildman–Crippen MR) is 93.8 cm³/mol. The standard InChI is InChI=1S/C19H18F3NO2S/c1-12-3-4-13(19(20,21)22)9-16(12)15-7-8-26-17(15)18(2,10-24)23(11-25)14-5-6-14/h3-4,7-11,14H,5-6H2,1-2H3. The molecular weight excluding hydrogens is 363 g/mol. The van der Waals surface area contributed by atoms with Crippen molar-refractivity contribution in [3.05, 3.63) is 45.6 Å². The van der Waals surface area contributed by atoms with Gasteiger partial charge in [-0.25, -0.2) is 0 Å². The normalized spacial score (nSPS) is 16.8. The van der Waals surface area contributed by atoms with E-state index >= 15 is 0 Å². The lowest BCUT2D eigenvalue weighted by atomic mass is 9.90. The number of nitrogens with zero attached hydrogens (tertiary/aromatic N) is 1. The zero-order chi connectivity index (χ0) is 19.1. The molecule has 1 atom stereocenters. The highest BCUT2D eigenvalue weighted by Gasteiger charge is 2.44. The highest BCUT2D eigenvalue weighted by atomic mass is 32.1. The van der Waals surface area contributed by atoms with Crippen LogP contribution in [0.5, 0.6) is 0 Å². The van der Waals surface area contributed by atoms with E-state index in [0.29, 0.717) is 34.3 Å². The summed E-state index contributed by atoms with van der Waals surface area (Å²) < 4.78 is 39.4. The molecule has 1 amide bonds. The van der Waals surface area contributed by atoms with Gasteiger partial charge in [0, 0.05) is 10.9 Å². The van der Waals surface area contributed by atoms with Crippen molar-refractivity contribution >= 4 is 24.0 Å². The summed E-state index contributed by atoms with van der Waals surface area (Å²) >= 11 is 1.27. The molecule has 1 aliphatic rings. The zero-order valence-electron chi connectivity index (χ0n) is 14.3. The van der Waals surface area contributed by atoms with Crippen LogP contribution in [0.25, 0.3) is 11.1 Å². The Hall–Kier alpha value is -2.15. The smallest absolute Gasteiger partial charge is 0.325 e. The van der Waals surface area contributed by atoms with Crippen molar-refractivity contribution in [1.82, 2.24) is 4.90 Å². The Morgan fingerprint density at radius 3 is 2.38 bits per heavy atom. The van der Waals surface area contributed by atoms with Crippen molar-refractivity contribution in [1.29, 1.82) is 0 Å². The molecule has 26 heavy (non-hydrogen) atoms. The summed E-state index contributed by atoms with van der Waals surface area (Å²) in [6.07, 6.45) is -1.43. The number of benzene rings is 1. The summed E-state index contributed by atoms with van der Waals surface area (Å²) in [7, 11) is 0. The first-order valence-electron chi connectivity index (χ1n) is 8.18. The van der Waals surface area contributed by atoms with Crippen LogP contribution in [0.1, 0.15) is 35.8 Å². The third kappa shape index (κ3) is 3.16. The second-order valence-electron chi connectivity index (χ2n) is 6.70. The average molecular weight is 381 g/mol. The Labute approximate surface area is 153 Å². The molecule has 1 aromatic heterocycles. The van der Waals surface area contributed by atoms with Crippen molar-refractivity contribution in [2.24, 2.45) is 0 Å². The molecule has 1 heterocycles. The van der Waals surface area contributed by atoms with Gasteiger partial charge in [-0.15, -0.1) is 11.3 Å². The maximum atomic E-state index is 13.1. The van der Waals surface area contributed by atoms with E-state index < -0.39 is 17.3 Å². The van der Waals surface area contributed by atoms with Gasteiger partial charge in [0.2, 0.25) is 6.41 Å². The molecule has 138 valence electrons. The van der Waals surface area contributed by atoms with Crippen molar-refractivity contribution in [3.63, 3.8) is 0 Å². The van der Waals surface area contributed by atoms with Crippen LogP contribution in [0.2, 0.25) is 0 Å². The van der Waals surface area contributed by atoms with Gasteiger partial charge in [-0.2, -0.15) is 13.2 Å². The summed E-state index contributed by atoms with van der Waals surface area (Å²) in [5.74, 6) is 0. The molecule has 1 aromatic carbocycles. The van der Waals surface area contributed by atoms with E-state index in [1.807, 2.05) is 0 Å². The summed E-state index contributed by atoms with van der Waals surface area (Å²) in [5.41, 5.74) is -0.286. The molecule has 1 saturated carbocycles. The van der Waals surface area contributed by atoms with E-state index in [9.17, 15) is 22.8 Å². The number of carbonyl (C=O) groups is 2. The van der Waals surface area contributed by atoms with Crippen LogP contribution in [0.15, 0.2) is 29.6 Å². The summed E-state index contributed by atoms with van der Waals surface area (Å²) in [5, 5.41) is 1.74. The largest absolute Gasteiger partial charge is 0.416 e. The predicted octanol–water partition coefficient (Wildman–Crippen LogP) is 4.78. The highest BCUT2D eigenvalue weighted by molar-refractivity contribution is 7.10. The van der Waals surface area contributed by atoms with Gasteiger partial charge >= 0.3 is 6.18 Å². The Kier molecular flexibility index (Phi) is 4.69. The van der Waals surface area contributed by atoms with E-state index in [4.69, 9.17) is 0 Å². The fraction of sp³-hybridized carbons (Fsp3) is 0.368. The second kappa shape index (κ2) is 6.54. The number of hydrogen-bond donors (Lipinski definition) is 0. The fourth-order valence-corrected chi connectivity index (χ4v) is 4.20. The molecule has 0 N–H and O–H groups in total. The van der Waals surface area contributed by atoms with Gasteiger partial charge in [0.15, 0.2) is 6.29 Å². The first-order chi connectivity index (χ1) is 12.2. The SMILES string of the molecule is Cc1ccc(C(F)(F)F)cc1-c1ccsc1C(C)(C=O)N(C=O)C1CC1. The van der Waals surface area contributed by atoms with Crippen LogP contribution in [-0.2, 0) is 21.3 Å². The first kappa shape index (κ1) is 18.6. The van der Waals surface area contributed by atoms with E-state index in [1.54, 1.807) is 25.3 Å². The average Bonchev–Trinajstić information content (AvgIpc) is 3.29. The lowest BCUT2D eigenvalue weighted by Gasteiger charge is -2.34. The Morgan fingerprint density at radius 2 is 1.85 bits per heavy atom. The van der Waals surface area contributed by atoms with Gasteiger partial charge in [-0.1, -0.05) is 6.07 Å². The van der Waals surface area contributed by atoms with E-state index in [2.05, 4.69) is 0 Å². The molecule has 2 aromatic rings. The third-order valence-electron chi connectivity index (χ3n) is 4.80. The third-order valence-corrected chi connectivity index (χ3v) is 5.94. The van der Waals surface area contributed by atoms with Gasteiger partial charge < -0.3 is 9.69 Å². The molecule has 7 heteroatoms. The number of amides is 1. The molecule has 1 aliphatic carbocycles. The molecule has 0 saturated heterocycles. The van der Waals surface area contributed by atoms with Crippen LogP contribution < -0.4 is 0 Å². The van der Waals surface area contributed by atoms with Crippen LogP contribution in [-0.4, -0.2) is 23.6 Å². The van der Waals surface area contributed by atoms with E-state index in [1.165, 1.54) is 22.3 Å². The minimum Gasteiger partial charge on any atom is -0.325 e. The van der Waals surface area contributed by atoms with Crippen molar-refractivity contribution in [2.75, 3.05) is 0 Å². The number of carbonyl (C=O) groups excluding carboxylic acids is 2. The number of halogens is 3. The fourth-order valence-electron chi connectivity index (χ4n) is 3.16. The molecule has 3 nitrogen and oxygen atoms in total. The van der Waals surface area contributed by atoms with Crippen molar-refractivity contribution < 1.29 is 22.8 Å². The minimum atomic E-state index is -4.45. The highest BCUT2D eigenvalue weighted by Crippen LogP contribution is 2.44. The molecule has 0 spiro atoms. The van der Waals surface area contributed by atoms with Gasteiger partial charge in [0.05, 0.1) is 5.56 Å². The van der Waals surface area contributed by atoms with E-state index in [-0.39, 0.29) is 6.04 Å². The number of rotatable bonds is 6. The summed E-state index contributed by atoms with van der Waals surface area (Å²) in [6.45, 7) is 3.37. The number of hydrogen-bond acceptors (Lipinski definition) is 3. The van der Waals surface area contributed by atoms with Crippen molar-refractivity contribution in [2.45, 2.75) is 44.4 Å². The molecule has 0 bridgehead atoms. The van der Waals surface area contributed by atoms with Gasteiger partial charge in [-0.3, -0.25) is 4.79 Å². The lowest BCUT2D eigenvalue weighted by Crippen LogP contribution is -2.45. The van der Waals surface area contributed by atoms with Gasteiger partial charge in [-0.05, 0) is 67.0 Å². The van der Waals surface area contributed by atoms with Crippen LogP contribution in [0, 0.1) is 6.92 Å². The lowest BCUT2D eigenvalue weighted by molar-refractivity contribution is -0.137. The monoisotopic (exact) mass is 381 g/mol. The van der Waals surface area contributed by atoms with Gasteiger partial charge in [0.25, 0.3) is 0 Å². The number of thiophene rings is 1. The first-order valence-corrected chi connectivity index (χ1v) is 9.06. The van der Waals surface area contributed by atoms with E-state index in [0.717, 1.165) is 25.0 Å². The maximum Gasteiger partial charge on any atom is 0.416 e. The van der Waals surface area contributed by atoms with Crippen LogP contribution >= 0.6 is 11.3 Å².